The lowest BCUT2D eigenvalue weighted by Gasteiger charge is -2.46. The molecule has 2 aliphatic rings. The summed E-state index contributed by atoms with van der Waals surface area (Å²) in [5.74, 6) is 0.513. The number of nitrogens with one attached hydrogen (secondary N) is 1. The number of amides is 1. The summed E-state index contributed by atoms with van der Waals surface area (Å²) in [7, 11) is 1.89. The predicted octanol–water partition coefficient (Wildman–Crippen LogP) is 1.55. The van der Waals surface area contributed by atoms with Gasteiger partial charge in [0.05, 0.1) is 11.1 Å². The number of rotatable bonds is 2. The maximum absolute atomic E-state index is 11.5. The minimum absolute atomic E-state index is 0.134. The van der Waals surface area contributed by atoms with E-state index in [4.69, 9.17) is 0 Å². The zero-order valence-electron chi connectivity index (χ0n) is 17.6. The molecular weight excluding hydrogens is 370 g/mol. The number of aryl methyl sites for hydroxylation is 1. The predicted molar refractivity (Wildman–Crippen MR) is 113 cm³/mol. The van der Waals surface area contributed by atoms with Crippen LogP contribution in [-0.2, 0) is 11.8 Å². The molecule has 0 aliphatic carbocycles. The summed E-state index contributed by atoms with van der Waals surface area (Å²) in [6.45, 7) is 8.34. The van der Waals surface area contributed by atoms with Crippen molar-refractivity contribution in [3.63, 3.8) is 0 Å². The number of hydrogen-bond acceptors (Lipinski definition) is 6. The maximum atomic E-state index is 11.5. The first-order valence-electron chi connectivity index (χ1n) is 10.3. The van der Waals surface area contributed by atoms with Gasteiger partial charge in [-0.15, -0.1) is 0 Å². The van der Waals surface area contributed by atoms with E-state index in [-0.39, 0.29) is 11.3 Å². The van der Waals surface area contributed by atoms with E-state index >= 15 is 0 Å². The van der Waals surface area contributed by atoms with Gasteiger partial charge in [0.1, 0.15) is 0 Å². The van der Waals surface area contributed by atoms with Crippen LogP contribution >= 0.6 is 0 Å². The highest BCUT2D eigenvalue weighted by molar-refractivity contribution is 5.93. The van der Waals surface area contributed by atoms with Crippen molar-refractivity contribution in [2.24, 2.45) is 12.5 Å². The maximum Gasteiger partial charge on any atom is 0.225 e. The SMILES string of the molecule is Cn1nc(N2CCC(=O)NC2O)c2ccc(N3CCC(O)(C(C)(C)C)CC3)cc21. The van der Waals surface area contributed by atoms with Crippen molar-refractivity contribution in [2.45, 2.75) is 52.0 Å². The van der Waals surface area contributed by atoms with Gasteiger partial charge in [0.2, 0.25) is 12.3 Å². The highest BCUT2D eigenvalue weighted by Crippen LogP contribution is 2.40. The van der Waals surface area contributed by atoms with Crippen molar-refractivity contribution >= 4 is 28.3 Å². The van der Waals surface area contributed by atoms with Gasteiger partial charge >= 0.3 is 0 Å². The van der Waals surface area contributed by atoms with Crippen molar-refractivity contribution in [1.29, 1.82) is 0 Å². The van der Waals surface area contributed by atoms with E-state index in [9.17, 15) is 15.0 Å². The summed E-state index contributed by atoms with van der Waals surface area (Å²) in [5, 5.41) is 29.3. The molecule has 0 bridgehead atoms. The molecule has 2 saturated heterocycles. The molecule has 158 valence electrons. The van der Waals surface area contributed by atoms with Crippen LogP contribution in [-0.4, -0.2) is 57.5 Å². The molecule has 4 rings (SSSR count). The third-order valence-electron chi connectivity index (χ3n) is 6.60. The minimum atomic E-state index is -1.06. The second-order valence-corrected chi connectivity index (χ2v) is 9.30. The largest absolute Gasteiger partial charge is 0.389 e. The standard InChI is InChI=1S/C21H31N5O3/c1-20(2,3)21(29)8-11-25(12-9-21)14-5-6-15-16(13-14)24(4)23-18(15)26-10-7-17(27)22-19(26)28/h5-6,13,19,28-29H,7-12H2,1-4H3,(H,22,27). The van der Waals surface area contributed by atoms with Crippen molar-refractivity contribution in [1.82, 2.24) is 15.1 Å². The number of fused-ring (bicyclic) bond motifs is 1. The molecule has 1 aromatic carbocycles. The van der Waals surface area contributed by atoms with Crippen molar-refractivity contribution < 1.29 is 15.0 Å². The highest BCUT2D eigenvalue weighted by atomic mass is 16.3. The Hall–Kier alpha value is -2.32. The van der Waals surface area contributed by atoms with Gasteiger partial charge in [0.25, 0.3) is 0 Å². The fourth-order valence-corrected chi connectivity index (χ4v) is 4.38. The molecule has 3 heterocycles. The van der Waals surface area contributed by atoms with E-state index in [2.05, 4.69) is 48.2 Å². The van der Waals surface area contributed by atoms with Crippen LogP contribution in [0.15, 0.2) is 18.2 Å². The quantitative estimate of drug-likeness (QED) is 0.707. The Labute approximate surface area is 171 Å². The zero-order chi connectivity index (χ0) is 21.0. The van der Waals surface area contributed by atoms with Gasteiger partial charge < -0.3 is 25.3 Å². The van der Waals surface area contributed by atoms with Crippen LogP contribution in [0.4, 0.5) is 11.5 Å². The number of carbonyl (C=O) groups is 1. The van der Waals surface area contributed by atoms with E-state index < -0.39 is 12.0 Å². The molecule has 1 atom stereocenters. The fourth-order valence-electron chi connectivity index (χ4n) is 4.38. The van der Waals surface area contributed by atoms with Gasteiger partial charge in [-0.3, -0.25) is 9.48 Å². The Kier molecular flexibility index (Phi) is 4.74. The van der Waals surface area contributed by atoms with Crippen LogP contribution in [0.3, 0.4) is 0 Å². The summed E-state index contributed by atoms with van der Waals surface area (Å²) in [6, 6.07) is 6.22. The van der Waals surface area contributed by atoms with E-state index in [1.165, 1.54) is 0 Å². The van der Waals surface area contributed by atoms with Gasteiger partial charge in [-0.2, -0.15) is 5.10 Å². The number of carbonyl (C=O) groups excluding carboxylic acids is 1. The van der Waals surface area contributed by atoms with Crippen molar-refractivity contribution in [3.05, 3.63) is 18.2 Å². The zero-order valence-corrected chi connectivity index (χ0v) is 17.6. The topological polar surface area (TPSA) is 93.9 Å². The molecule has 0 radical (unpaired) electrons. The van der Waals surface area contributed by atoms with E-state index in [0.29, 0.717) is 18.8 Å². The Bertz CT molecular complexity index is 924. The third kappa shape index (κ3) is 3.44. The monoisotopic (exact) mass is 401 g/mol. The number of anilines is 2. The van der Waals surface area contributed by atoms with E-state index in [1.54, 1.807) is 4.90 Å². The molecule has 2 aromatic rings. The molecule has 8 nitrogen and oxygen atoms in total. The summed E-state index contributed by atoms with van der Waals surface area (Å²) < 4.78 is 1.81. The first kappa shape index (κ1) is 20.0. The number of hydrogen-bond donors (Lipinski definition) is 3. The molecule has 0 spiro atoms. The summed E-state index contributed by atoms with van der Waals surface area (Å²) in [4.78, 5) is 15.5. The average Bonchev–Trinajstić information content (AvgIpc) is 2.97. The van der Waals surface area contributed by atoms with Crippen LogP contribution in [0, 0.1) is 5.41 Å². The number of aromatic nitrogens is 2. The Balaban J connectivity index is 1.58. The summed E-state index contributed by atoms with van der Waals surface area (Å²) >= 11 is 0. The first-order chi connectivity index (χ1) is 13.6. The molecule has 2 fully saturated rings. The molecule has 1 unspecified atom stereocenters. The number of aliphatic hydroxyl groups excluding tert-OH is 1. The number of aliphatic hydroxyl groups is 2. The molecule has 0 saturated carbocycles. The Morgan fingerprint density at radius 2 is 1.90 bits per heavy atom. The van der Waals surface area contributed by atoms with Crippen LogP contribution in [0.1, 0.15) is 40.0 Å². The van der Waals surface area contributed by atoms with Crippen LogP contribution in [0.5, 0.6) is 0 Å². The molecular formula is C21H31N5O3. The number of piperidine rings is 1. The Morgan fingerprint density at radius 3 is 2.52 bits per heavy atom. The van der Waals surface area contributed by atoms with Crippen LogP contribution in [0.25, 0.3) is 10.9 Å². The van der Waals surface area contributed by atoms with Crippen LogP contribution in [0.2, 0.25) is 0 Å². The van der Waals surface area contributed by atoms with Gasteiger partial charge in [0, 0.05) is 44.2 Å². The van der Waals surface area contributed by atoms with Crippen LogP contribution < -0.4 is 15.1 Å². The second kappa shape index (κ2) is 6.88. The first-order valence-corrected chi connectivity index (χ1v) is 10.3. The van der Waals surface area contributed by atoms with Gasteiger partial charge in [-0.25, -0.2) is 0 Å². The number of nitrogens with zero attached hydrogens (tertiary/aromatic N) is 4. The molecule has 8 heteroatoms. The molecule has 29 heavy (non-hydrogen) atoms. The molecule has 1 amide bonds. The summed E-state index contributed by atoms with van der Waals surface area (Å²) in [6.07, 6.45) is 0.749. The van der Waals surface area contributed by atoms with Gasteiger partial charge in [-0.05, 0) is 36.5 Å². The van der Waals surface area contributed by atoms with Gasteiger partial charge in [0.15, 0.2) is 5.82 Å². The average molecular weight is 402 g/mol. The molecule has 3 N–H and O–H groups in total. The van der Waals surface area contributed by atoms with Crippen molar-refractivity contribution in [2.75, 3.05) is 29.4 Å². The lowest BCUT2D eigenvalue weighted by atomic mass is 9.71. The fraction of sp³-hybridized carbons (Fsp3) is 0.619. The summed E-state index contributed by atoms with van der Waals surface area (Å²) in [5.41, 5.74) is 1.31. The third-order valence-corrected chi connectivity index (χ3v) is 6.60. The minimum Gasteiger partial charge on any atom is -0.389 e. The Morgan fingerprint density at radius 1 is 1.21 bits per heavy atom. The van der Waals surface area contributed by atoms with Gasteiger partial charge in [-0.1, -0.05) is 20.8 Å². The van der Waals surface area contributed by atoms with Crippen molar-refractivity contribution in [3.8, 4) is 0 Å². The van der Waals surface area contributed by atoms with E-state index in [1.807, 2.05) is 17.8 Å². The lowest BCUT2D eigenvalue weighted by molar-refractivity contribution is -0.125. The molecule has 2 aliphatic heterocycles. The smallest absolute Gasteiger partial charge is 0.225 e. The normalized spacial score (nSPS) is 22.8. The molecule has 1 aromatic heterocycles. The number of benzene rings is 1. The second-order valence-electron chi connectivity index (χ2n) is 9.30. The highest BCUT2D eigenvalue weighted by Gasteiger charge is 2.42. The van der Waals surface area contributed by atoms with E-state index in [0.717, 1.165) is 42.5 Å². The lowest BCUT2D eigenvalue weighted by Crippen LogP contribution is -2.54.